The van der Waals surface area contributed by atoms with Crippen molar-refractivity contribution < 1.29 is 38.0 Å². The van der Waals surface area contributed by atoms with E-state index in [0.29, 0.717) is 62.1 Å². The normalized spacial score (nSPS) is 19.2. The Morgan fingerprint density at radius 1 is 0.955 bits per heavy atom. The van der Waals surface area contributed by atoms with Gasteiger partial charge in [0.05, 0.1) is 19.1 Å². The number of nitrogens with zero attached hydrogens (tertiary/aromatic N) is 1. The number of amides is 1. The summed E-state index contributed by atoms with van der Waals surface area (Å²) in [6, 6.07) is 15.1. The number of aryl methyl sites for hydroxylation is 2. The maximum atomic E-state index is 14.2. The second kappa shape index (κ2) is 14.1. The molecule has 44 heavy (non-hydrogen) atoms. The van der Waals surface area contributed by atoms with Crippen molar-refractivity contribution in [2.24, 2.45) is 5.92 Å². The number of rotatable bonds is 13. The molecule has 0 spiro atoms. The number of fused-ring (bicyclic) bond motifs is 1. The quantitative estimate of drug-likeness (QED) is 0.243. The molecule has 234 valence electrons. The van der Waals surface area contributed by atoms with Crippen LogP contribution in [0.1, 0.15) is 55.0 Å². The monoisotopic (exact) mass is 606 g/mol. The number of carboxylic acids is 1. The van der Waals surface area contributed by atoms with Crippen LogP contribution < -0.4 is 19.5 Å². The average Bonchev–Trinajstić information content (AvgIpc) is 3.64. The summed E-state index contributed by atoms with van der Waals surface area (Å²) in [5, 5.41) is 13.6. The molecule has 1 fully saturated rings. The molecule has 0 aromatic heterocycles. The van der Waals surface area contributed by atoms with Crippen molar-refractivity contribution in [1.82, 2.24) is 4.90 Å². The number of benzene rings is 3. The predicted octanol–water partition coefficient (Wildman–Crippen LogP) is 5.57. The van der Waals surface area contributed by atoms with Gasteiger partial charge >= 0.3 is 5.97 Å². The highest BCUT2D eigenvalue weighted by atomic mass is 19.1. The van der Waals surface area contributed by atoms with Crippen molar-refractivity contribution in [1.29, 1.82) is 0 Å². The van der Waals surface area contributed by atoms with E-state index in [1.807, 2.05) is 62.1 Å². The summed E-state index contributed by atoms with van der Waals surface area (Å²) in [7, 11) is 0. The van der Waals surface area contributed by atoms with Crippen LogP contribution in [0.2, 0.25) is 0 Å². The van der Waals surface area contributed by atoms with Crippen molar-refractivity contribution in [2.75, 3.05) is 45.0 Å². The van der Waals surface area contributed by atoms with Crippen LogP contribution in [0.4, 0.5) is 10.1 Å². The highest BCUT2D eigenvalue weighted by molar-refractivity contribution is 5.94. The molecular weight excluding hydrogens is 567 g/mol. The molecule has 9 nitrogen and oxygen atoms in total. The highest BCUT2D eigenvalue weighted by Crippen LogP contribution is 2.47. The lowest BCUT2D eigenvalue weighted by Gasteiger charge is -2.27. The first-order valence-electron chi connectivity index (χ1n) is 15.1. The van der Waals surface area contributed by atoms with Crippen molar-refractivity contribution in [3.05, 3.63) is 82.7 Å². The standard InChI is InChI=1S/C34H39FN2O7/c1-4-21-15-25(35)16-22(5-2)32(21)36-30(38)19-37-18-27(24-9-12-28-29(17-24)44-20-43-28)31(34(39)40)33(37)23-7-10-26(11-8-23)42-14-13-41-6-3/h7-12,15-17,27,31,33H,4-6,13-14,18-20H2,1-3H3,(H,36,38)(H,39,40)/t27-,31?,33+/m1/s1. The lowest BCUT2D eigenvalue weighted by molar-refractivity contribution is -0.143. The van der Waals surface area contributed by atoms with Crippen molar-refractivity contribution >= 4 is 17.6 Å². The van der Waals surface area contributed by atoms with Gasteiger partial charge in [0.15, 0.2) is 11.5 Å². The molecule has 3 aromatic carbocycles. The predicted molar refractivity (Wildman–Crippen MR) is 163 cm³/mol. The fourth-order valence-electron chi connectivity index (χ4n) is 6.20. The van der Waals surface area contributed by atoms with E-state index in [4.69, 9.17) is 18.9 Å². The summed E-state index contributed by atoms with van der Waals surface area (Å²) in [6.45, 7) is 7.61. The second-order valence-corrected chi connectivity index (χ2v) is 10.9. The molecule has 1 unspecified atom stereocenters. The van der Waals surface area contributed by atoms with Crippen LogP contribution in [0.3, 0.4) is 0 Å². The number of anilines is 1. The number of carbonyl (C=O) groups is 2. The summed E-state index contributed by atoms with van der Waals surface area (Å²) in [5.74, 6) is -1.04. The molecule has 3 atom stereocenters. The highest BCUT2D eigenvalue weighted by Gasteiger charge is 2.48. The Morgan fingerprint density at radius 3 is 2.30 bits per heavy atom. The molecule has 2 N–H and O–H groups in total. The van der Waals surface area contributed by atoms with Crippen LogP contribution in [0.5, 0.6) is 17.2 Å². The van der Waals surface area contributed by atoms with Gasteiger partial charge in [0, 0.05) is 30.8 Å². The Labute approximate surface area is 256 Å². The van der Waals surface area contributed by atoms with Crippen molar-refractivity contribution in [3.63, 3.8) is 0 Å². The summed E-state index contributed by atoms with van der Waals surface area (Å²) in [4.78, 5) is 28.5. The van der Waals surface area contributed by atoms with Gasteiger partial charge in [0.2, 0.25) is 12.7 Å². The summed E-state index contributed by atoms with van der Waals surface area (Å²) in [6.07, 6.45) is 1.11. The van der Waals surface area contributed by atoms with Gasteiger partial charge in [0.25, 0.3) is 0 Å². The minimum atomic E-state index is -0.960. The molecule has 0 radical (unpaired) electrons. The van der Waals surface area contributed by atoms with Crippen LogP contribution >= 0.6 is 0 Å². The maximum Gasteiger partial charge on any atom is 0.309 e. The zero-order valence-corrected chi connectivity index (χ0v) is 25.3. The fraction of sp³-hybridized carbons (Fsp3) is 0.412. The van der Waals surface area contributed by atoms with Crippen LogP contribution in [0, 0.1) is 11.7 Å². The molecular formula is C34H39FN2O7. The van der Waals surface area contributed by atoms with E-state index < -0.39 is 23.8 Å². The van der Waals surface area contributed by atoms with Crippen LogP contribution in [-0.2, 0) is 27.2 Å². The summed E-state index contributed by atoms with van der Waals surface area (Å²) < 4.78 is 36.4. The van der Waals surface area contributed by atoms with Gasteiger partial charge in [-0.1, -0.05) is 32.0 Å². The third-order valence-corrected chi connectivity index (χ3v) is 8.27. The first kappa shape index (κ1) is 31.3. The lowest BCUT2D eigenvalue weighted by Crippen LogP contribution is -2.35. The number of hydrogen-bond acceptors (Lipinski definition) is 7. The van der Waals surface area contributed by atoms with E-state index in [1.54, 1.807) is 6.07 Å². The topological polar surface area (TPSA) is 107 Å². The molecule has 1 saturated heterocycles. The average molecular weight is 607 g/mol. The van der Waals surface area contributed by atoms with E-state index in [2.05, 4.69) is 5.32 Å². The van der Waals surface area contributed by atoms with Gasteiger partial charge in [-0.05, 0) is 78.4 Å². The number of nitrogens with one attached hydrogen (secondary N) is 1. The van der Waals surface area contributed by atoms with E-state index >= 15 is 0 Å². The smallest absolute Gasteiger partial charge is 0.309 e. The van der Waals surface area contributed by atoms with E-state index in [0.717, 1.165) is 22.3 Å². The van der Waals surface area contributed by atoms with Gasteiger partial charge in [-0.15, -0.1) is 0 Å². The third kappa shape index (κ3) is 6.81. The number of carboxylic acid groups (broad SMARTS) is 1. The minimum absolute atomic E-state index is 0.0498. The molecule has 2 heterocycles. The summed E-state index contributed by atoms with van der Waals surface area (Å²) >= 11 is 0. The Bertz CT molecular complexity index is 1450. The molecule has 1 amide bonds. The van der Waals surface area contributed by atoms with Gasteiger partial charge in [-0.2, -0.15) is 0 Å². The molecule has 5 rings (SSSR count). The number of halogens is 1. The molecule has 2 aliphatic rings. The SMILES string of the molecule is CCOCCOc1ccc([C@H]2C(C(=O)O)[C@@H](c3ccc4c(c3)OCO4)CN2CC(=O)Nc2c(CC)cc(F)cc2CC)cc1. The second-order valence-electron chi connectivity index (χ2n) is 10.9. The van der Waals surface area contributed by atoms with Crippen LogP contribution in [0.15, 0.2) is 54.6 Å². The third-order valence-electron chi connectivity index (χ3n) is 8.27. The molecule has 0 aliphatic carbocycles. The molecule has 2 aliphatic heterocycles. The Morgan fingerprint density at radius 2 is 1.64 bits per heavy atom. The Kier molecular flexibility index (Phi) is 10.0. The molecule has 0 saturated carbocycles. The van der Waals surface area contributed by atoms with Crippen molar-refractivity contribution in [2.45, 2.75) is 45.6 Å². The largest absolute Gasteiger partial charge is 0.491 e. The van der Waals surface area contributed by atoms with Crippen LogP contribution in [-0.4, -0.2) is 61.6 Å². The maximum absolute atomic E-state index is 14.2. The zero-order chi connectivity index (χ0) is 31.2. The first-order valence-corrected chi connectivity index (χ1v) is 15.1. The number of aliphatic carboxylic acids is 1. The number of ether oxygens (including phenoxy) is 4. The summed E-state index contributed by atoms with van der Waals surface area (Å²) in [5.41, 5.74) is 3.61. The van der Waals surface area contributed by atoms with Crippen molar-refractivity contribution in [3.8, 4) is 17.2 Å². The molecule has 10 heteroatoms. The number of carbonyl (C=O) groups excluding carboxylic acids is 1. The minimum Gasteiger partial charge on any atom is -0.491 e. The van der Waals surface area contributed by atoms with Gasteiger partial charge in [0.1, 0.15) is 18.2 Å². The number of likely N-dealkylation sites (tertiary alicyclic amines) is 1. The first-order chi connectivity index (χ1) is 21.3. The lowest BCUT2D eigenvalue weighted by atomic mass is 9.82. The van der Waals surface area contributed by atoms with E-state index in [-0.39, 0.29) is 25.1 Å². The molecule has 0 bridgehead atoms. The number of hydrogen-bond donors (Lipinski definition) is 2. The Hall–Kier alpha value is -4.15. The van der Waals surface area contributed by atoms with Crippen LogP contribution in [0.25, 0.3) is 0 Å². The van der Waals surface area contributed by atoms with Gasteiger partial charge in [-0.3, -0.25) is 14.5 Å². The fourth-order valence-corrected chi connectivity index (χ4v) is 6.20. The zero-order valence-electron chi connectivity index (χ0n) is 25.3. The van der Waals surface area contributed by atoms with E-state index in [9.17, 15) is 19.1 Å². The molecule has 3 aromatic rings. The van der Waals surface area contributed by atoms with Gasteiger partial charge < -0.3 is 29.4 Å². The van der Waals surface area contributed by atoms with Gasteiger partial charge in [-0.25, -0.2) is 4.39 Å². The Balaban J connectivity index is 1.45. The van der Waals surface area contributed by atoms with E-state index in [1.165, 1.54) is 12.1 Å².